The number of hydrogen-bond donors (Lipinski definition) is 1. The molecule has 2 saturated heterocycles. The SMILES string of the molecule is C[C@H](NC(=O)[C@H]1CC(=O)N(c2ccccc2)C1)C(=O)N1CCOCC1. The minimum Gasteiger partial charge on any atom is -0.378 e. The van der Waals surface area contributed by atoms with Gasteiger partial charge in [0.15, 0.2) is 0 Å². The molecule has 0 saturated carbocycles. The van der Waals surface area contributed by atoms with Gasteiger partial charge in [0.1, 0.15) is 6.04 Å². The largest absolute Gasteiger partial charge is 0.378 e. The van der Waals surface area contributed by atoms with Crippen molar-refractivity contribution >= 4 is 23.4 Å². The Morgan fingerprint density at radius 3 is 2.56 bits per heavy atom. The molecule has 2 aliphatic heterocycles. The fraction of sp³-hybridized carbons (Fsp3) is 0.500. The lowest BCUT2D eigenvalue weighted by Crippen LogP contribution is -2.51. The Bertz CT molecular complexity index is 643. The minimum atomic E-state index is -0.605. The van der Waals surface area contributed by atoms with Crippen LogP contribution < -0.4 is 10.2 Å². The van der Waals surface area contributed by atoms with E-state index in [1.54, 1.807) is 16.7 Å². The minimum absolute atomic E-state index is 0.0708. The predicted molar refractivity (Wildman–Crippen MR) is 91.9 cm³/mol. The Morgan fingerprint density at radius 1 is 1.20 bits per heavy atom. The monoisotopic (exact) mass is 345 g/mol. The highest BCUT2D eigenvalue weighted by molar-refractivity contribution is 6.01. The molecule has 0 unspecified atom stereocenters. The van der Waals surface area contributed by atoms with Gasteiger partial charge in [-0.05, 0) is 19.1 Å². The molecular weight excluding hydrogens is 322 g/mol. The van der Waals surface area contributed by atoms with Crippen molar-refractivity contribution in [2.75, 3.05) is 37.7 Å². The van der Waals surface area contributed by atoms with E-state index in [1.807, 2.05) is 30.3 Å². The number of nitrogens with one attached hydrogen (secondary N) is 1. The molecule has 0 aliphatic carbocycles. The first-order chi connectivity index (χ1) is 12.1. The summed E-state index contributed by atoms with van der Waals surface area (Å²) in [6.45, 7) is 4.16. The van der Waals surface area contributed by atoms with Crippen LogP contribution in [0.4, 0.5) is 5.69 Å². The van der Waals surface area contributed by atoms with Crippen LogP contribution in [0.3, 0.4) is 0 Å². The molecule has 7 nitrogen and oxygen atoms in total. The predicted octanol–water partition coefficient (Wildman–Crippen LogP) is 0.403. The summed E-state index contributed by atoms with van der Waals surface area (Å²) in [6, 6.07) is 8.70. The first-order valence-corrected chi connectivity index (χ1v) is 8.58. The number of carbonyl (C=O) groups is 3. The van der Waals surface area contributed by atoms with E-state index in [0.717, 1.165) is 5.69 Å². The van der Waals surface area contributed by atoms with Gasteiger partial charge in [-0.2, -0.15) is 0 Å². The van der Waals surface area contributed by atoms with E-state index in [9.17, 15) is 14.4 Å². The van der Waals surface area contributed by atoms with Gasteiger partial charge in [0.05, 0.1) is 19.1 Å². The van der Waals surface area contributed by atoms with Crippen LogP contribution in [0.1, 0.15) is 13.3 Å². The number of hydrogen-bond acceptors (Lipinski definition) is 4. The number of ether oxygens (including phenoxy) is 1. The van der Waals surface area contributed by atoms with Gasteiger partial charge in [-0.1, -0.05) is 18.2 Å². The van der Waals surface area contributed by atoms with E-state index >= 15 is 0 Å². The molecule has 7 heteroatoms. The van der Waals surface area contributed by atoms with Crippen LogP contribution >= 0.6 is 0 Å². The van der Waals surface area contributed by atoms with Crippen LogP contribution in [0.25, 0.3) is 0 Å². The van der Waals surface area contributed by atoms with E-state index < -0.39 is 12.0 Å². The fourth-order valence-electron chi connectivity index (χ4n) is 3.19. The maximum Gasteiger partial charge on any atom is 0.245 e. The lowest BCUT2D eigenvalue weighted by molar-refractivity contribution is -0.140. The summed E-state index contributed by atoms with van der Waals surface area (Å²) in [6.07, 6.45) is 0.166. The van der Waals surface area contributed by atoms with Crippen LogP contribution in [-0.2, 0) is 19.1 Å². The Balaban J connectivity index is 1.56. The molecule has 0 radical (unpaired) electrons. The molecule has 1 aromatic rings. The lowest BCUT2D eigenvalue weighted by Gasteiger charge is -2.29. The van der Waals surface area contributed by atoms with Crippen molar-refractivity contribution in [3.05, 3.63) is 30.3 Å². The zero-order valence-electron chi connectivity index (χ0n) is 14.3. The third-order valence-corrected chi connectivity index (χ3v) is 4.62. The lowest BCUT2D eigenvalue weighted by atomic mass is 10.1. The van der Waals surface area contributed by atoms with Gasteiger partial charge in [-0.15, -0.1) is 0 Å². The average molecular weight is 345 g/mol. The third-order valence-electron chi connectivity index (χ3n) is 4.62. The number of morpholine rings is 1. The number of amides is 3. The van der Waals surface area contributed by atoms with Crippen molar-refractivity contribution in [3.8, 4) is 0 Å². The van der Waals surface area contributed by atoms with Crippen molar-refractivity contribution in [2.24, 2.45) is 5.92 Å². The van der Waals surface area contributed by atoms with Crippen LogP contribution in [0.2, 0.25) is 0 Å². The van der Waals surface area contributed by atoms with Gasteiger partial charge in [0.25, 0.3) is 0 Å². The normalized spacial score (nSPS) is 22.0. The molecule has 3 amide bonds. The van der Waals surface area contributed by atoms with Crippen LogP contribution in [-0.4, -0.2) is 61.5 Å². The maximum absolute atomic E-state index is 12.5. The van der Waals surface area contributed by atoms with E-state index in [-0.39, 0.29) is 24.1 Å². The molecule has 2 heterocycles. The van der Waals surface area contributed by atoms with Crippen molar-refractivity contribution in [3.63, 3.8) is 0 Å². The molecule has 1 aromatic carbocycles. The Kier molecular flexibility index (Phi) is 5.33. The summed E-state index contributed by atoms with van der Waals surface area (Å²) >= 11 is 0. The standard InChI is InChI=1S/C18H23N3O4/c1-13(18(24)20-7-9-25-10-8-20)19-17(23)14-11-16(22)21(12-14)15-5-3-2-4-6-15/h2-6,13-14H,7-12H2,1H3,(H,19,23)/t13-,14-/m0/s1. The second-order valence-corrected chi connectivity index (χ2v) is 6.41. The van der Waals surface area contributed by atoms with E-state index in [1.165, 1.54) is 0 Å². The maximum atomic E-state index is 12.5. The molecule has 134 valence electrons. The zero-order valence-corrected chi connectivity index (χ0v) is 14.3. The number of rotatable bonds is 4. The topological polar surface area (TPSA) is 79.0 Å². The Labute approximate surface area is 146 Å². The quantitative estimate of drug-likeness (QED) is 0.857. The van der Waals surface area contributed by atoms with E-state index in [0.29, 0.717) is 32.8 Å². The summed E-state index contributed by atoms with van der Waals surface area (Å²) in [7, 11) is 0. The molecule has 0 bridgehead atoms. The Morgan fingerprint density at radius 2 is 1.88 bits per heavy atom. The average Bonchev–Trinajstić information content (AvgIpc) is 3.04. The van der Waals surface area contributed by atoms with Gasteiger partial charge in [-0.25, -0.2) is 0 Å². The van der Waals surface area contributed by atoms with Crippen LogP contribution in [0.15, 0.2) is 30.3 Å². The van der Waals surface area contributed by atoms with E-state index in [4.69, 9.17) is 4.74 Å². The third kappa shape index (κ3) is 3.99. The second kappa shape index (κ2) is 7.65. The van der Waals surface area contributed by atoms with Crippen molar-refractivity contribution in [1.82, 2.24) is 10.2 Å². The smallest absolute Gasteiger partial charge is 0.245 e. The summed E-state index contributed by atoms with van der Waals surface area (Å²) < 4.78 is 5.23. The molecule has 3 rings (SSSR count). The molecule has 2 fully saturated rings. The van der Waals surface area contributed by atoms with Gasteiger partial charge in [0.2, 0.25) is 17.7 Å². The van der Waals surface area contributed by atoms with Crippen LogP contribution in [0, 0.1) is 5.92 Å². The molecule has 1 N–H and O–H groups in total. The Hall–Kier alpha value is -2.41. The number of nitrogens with zero attached hydrogens (tertiary/aromatic N) is 2. The zero-order chi connectivity index (χ0) is 17.8. The summed E-state index contributed by atoms with van der Waals surface area (Å²) in [5.74, 6) is -0.868. The number of para-hydroxylation sites is 1. The number of carbonyl (C=O) groups excluding carboxylic acids is 3. The highest BCUT2D eigenvalue weighted by atomic mass is 16.5. The first-order valence-electron chi connectivity index (χ1n) is 8.58. The summed E-state index contributed by atoms with van der Waals surface area (Å²) in [5.41, 5.74) is 0.792. The second-order valence-electron chi connectivity index (χ2n) is 6.41. The van der Waals surface area contributed by atoms with Gasteiger partial charge < -0.3 is 19.9 Å². The molecule has 2 aliphatic rings. The fourth-order valence-corrected chi connectivity index (χ4v) is 3.19. The highest BCUT2D eigenvalue weighted by Crippen LogP contribution is 2.25. The molecule has 2 atom stereocenters. The first kappa shape index (κ1) is 17.4. The van der Waals surface area contributed by atoms with Crippen molar-refractivity contribution in [1.29, 1.82) is 0 Å². The highest BCUT2D eigenvalue weighted by Gasteiger charge is 2.36. The molecular formula is C18H23N3O4. The van der Waals surface area contributed by atoms with Crippen LogP contribution in [0.5, 0.6) is 0 Å². The summed E-state index contributed by atoms with van der Waals surface area (Å²) in [4.78, 5) is 40.4. The van der Waals surface area contributed by atoms with Gasteiger partial charge in [0, 0.05) is 31.7 Å². The van der Waals surface area contributed by atoms with Crippen molar-refractivity contribution in [2.45, 2.75) is 19.4 Å². The van der Waals surface area contributed by atoms with Crippen molar-refractivity contribution < 1.29 is 19.1 Å². The summed E-state index contributed by atoms with van der Waals surface area (Å²) in [5, 5.41) is 2.76. The molecule has 25 heavy (non-hydrogen) atoms. The molecule has 0 aromatic heterocycles. The van der Waals surface area contributed by atoms with E-state index in [2.05, 4.69) is 5.32 Å². The van der Waals surface area contributed by atoms with Gasteiger partial charge in [-0.3, -0.25) is 14.4 Å². The number of anilines is 1. The van der Waals surface area contributed by atoms with Gasteiger partial charge >= 0.3 is 0 Å². The number of benzene rings is 1. The molecule has 0 spiro atoms.